The minimum Gasteiger partial charge on any atom is -0.469 e. The summed E-state index contributed by atoms with van der Waals surface area (Å²) in [6.07, 6.45) is 2.74. The van der Waals surface area contributed by atoms with Gasteiger partial charge in [0.25, 0.3) is 0 Å². The molecular weight excluding hydrogens is 184 g/mol. The van der Waals surface area contributed by atoms with E-state index in [1.165, 1.54) is 19.3 Å². The van der Waals surface area contributed by atoms with Crippen LogP contribution in [0.3, 0.4) is 0 Å². The van der Waals surface area contributed by atoms with E-state index < -0.39 is 0 Å². The summed E-state index contributed by atoms with van der Waals surface area (Å²) in [5.41, 5.74) is 0. The third-order valence-corrected chi connectivity index (χ3v) is 3.38. The molecule has 0 rings (SSSR count). The topological polar surface area (TPSA) is 26.3 Å². The van der Waals surface area contributed by atoms with Crippen molar-refractivity contribution in [2.45, 2.75) is 33.1 Å². The molecule has 2 nitrogen and oxygen atoms in total. The van der Waals surface area contributed by atoms with Gasteiger partial charge in [-0.15, -0.1) is 0 Å². The highest BCUT2D eigenvalue weighted by atomic mass is 32.2. The fraction of sp³-hybridized carbons (Fsp3) is 0.900. The minimum absolute atomic E-state index is 0.0934. The van der Waals surface area contributed by atoms with E-state index in [1.807, 2.05) is 11.8 Å². The molecule has 0 aliphatic carbocycles. The number of methoxy groups -OCH3 is 1. The summed E-state index contributed by atoms with van der Waals surface area (Å²) in [5.74, 6) is 2.98. The normalized spacial score (nSPS) is 12.5. The first-order valence-electron chi connectivity index (χ1n) is 4.85. The van der Waals surface area contributed by atoms with Crippen molar-refractivity contribution in [2.24, 2.45) is 5.92 Å². The molecule has 0 aromatic rings. The fourth-order valence-electron chi connectivity index (χ4n) is 0.823. The summed E-state index contributed by atoms with van der Waals surface area (Å²) in [4.78, 5) is 10.7. The molecule has 0 aromatic carbocycles. The standard InChI is InChI=1S/C10H20O2S/c1-4-9(2)8-13-7-5-6-10(11)12-3/h9H,4-8H2,1-3H3. The van der Waals surface area contributed by atoms with Gasteiger partial charge in [-0.2, -0.15) is 11.8 Å². The number of carbonyl (C=O) groups excluding carboxylic acids is 1. The predicted octanol–water partition coefficient (Wildman–Crippen LogP) is 2.72. The molecule has 3 heteroatoms. The van der Waals surface area contributed by atoms with Gasteiger partial charge >= 0.3 is 5.97 Å². The number of carbonyl (C=O) groups is 1. The van der Waals surface area contributed by atoms with Crippen molar-refractivity contribution in [3.8, 4) is 0 Å². The maximum Gasteiger partial charge on any atom is 0.305 e. The average molecular weight is 204 g/mol. The molecule has 1 unspecified atom stereocenters. The molecule has 0 fully saturated rings. The van der Waals surface area contributed by atoms with E-state index in [2.05, 4.69) is 18.6 Å². The zero-order chi connectivity index (χ0) is 10.1. The van der Waals surface area contributed by atoms with Gasteiger partial charge in [0.15, 0.2) is 0 Å². The number of hydrogen-bond donors (Lipinski definition) is 0. The summed E-state index contributed by atoms with van der Waals surface area (Å²) < 4.78 is 4.55. The van der Waals surface area contributed by atoms with Crippen molar-refractivity contribution in [3.05, 3.63) is 0 Å². The molecule has 78 valence electrons. The van der Waals surface area contributed by atoms with Gasteiger partial charge < -0.3 is 4.74 Å². The number of thioether (sulfide) groups is 1. The lowest BCUT2D eigenvalue weighted by atomic mass is 10.2. The second-order valence-corrected chi connectivity index (χ2v) is 4.42. The molecular formula is C10H20O2S. The quantitative estimate of drug-likeness (QED) is 0.471. The monoisotopic (exact) mass is 204 g/mol. The Bertz CT molecular complexity index is 137. The Hall–Kier alpha value is -0.180. The van der Waals surface area contributed by atoms with Gasteiger partial charge in [0.05, 0.1) is 7.11 Å². The summed E-state index contributed by atoms with van der Waals surface area (Å²) in [5, 5.41) is 0. The van der Waals surface area contributed by atoms with Crippen LogP contribution < -0.4 is 0 Å². The Balaban J connectivity index is 3.12. The van der Waals surface area contributed by atoms with Crippen molar-refractivity contribution < 1.29 is 9.53 Å². The van der Waals surface area contributed by atoms with E-state index in [-0.39, 0.29) is 5.97 Å². The van der Waals surface area contributed by atoms with Gasteiger partial charge in [-0.25, -0.2) is 0 Å². The van der Waals surface area contributed by atoms with Crippen molar-refractivity contribution in [1.29, 1.82) is 0 Å². The summed E-state index contributed by atoms with van der Waals surface area (Å²) >= 11 is 1.93. The maximum atomic E-state index is 10.7. The van der Waals surface area contributed by atoms with Crippen LogP contribution in [-0.4, -0.2) is 24.6 Å². The van der Waals surface area contributed by atoms with Crippen molar-refractivity contribution in [2.75, 3.05) is 18.6 Å². The average Bonchev–Trinajstić information content (AvgIpc) is 2.16. The van der Waals surface area contributed by atoms with E-state index in [4.69, 9.17) is 0 Å². The van der Waals surface area contributed by atoms with Crippen LogP contribution in [0.5, 0.6) is 0 Å². The van der Waals surface area contributed by atoms with Crippen LogP contribution in [0.1, 0.15) is 33.1 Å². The number of hydrogen-bond acceptors (Lipinski definition) is 3. The molecule has 13 heavy (non-hydrogen) atoms. The molecule has 0 bridgehead atoms. The molecule has 0 aliphatic rings. The van der Waals surface area contributed by atoms with Gasteiger partial charge in [0, 0.05) is 6.42 Å². The van der Waals surface area contributed by atoms with Crippen LogP contribution in [0, 0.1) is 5.92 Å². The van der Waals surface area contributed by atoms with Gasteiger partial charge in [0.1, 0.15) is 0 Å². The first-order chi connectivity index (χ1) is 6.20. The molecule has 0 amide bonds. The number of rotatable bonds is 7. The Labute approximate surface area is 85.4 Å². The predicted molar refractivity (Wildman–Crippen MR) is 58.0 cm³/mol. The third-order valence-electron chi connectivity index (χ3n) is 2.00. The van der Waals surface area contributed by atoms with Crippen LogP contribution in [0.4, 0.5) is 0 Å². The van der Waals surface area contributed by atoms with Crippen LogP contribution in [0.15, 0.2) is 0 Å². The molecule has 0 N–H and O–H groups in total. The van der Waals surface area contributed by atoms with Gasteiger partial charge in [-0.1, -0.05) is 20.3 Å². The Morgan fingerprint density at radius 2 is 2.23 bits per heavy atom. The molecule has 0 aromatic heterocycles. The summed E-state index contributed by atoms with van der Waals surface area (Å²) in [7, 11) is 1.44. The summed E-state index contributed by atoms with van der Waals surface area (Å²) in [6.45, 7) is 4.47. The molecule has 0 saturated carbocycles. The van der Waals surface area contributed by atoms with E-state index in [0.717, 1.165) is 18.1 Å². The highest BCUT2D eigenvalue weighted by Gasteiger charge is 2.01. The lowest BCUT2D eigenvalue weighted by Crippen LogP contribution is -2.01. The number of ether oxygens (including phenoxy) is 1. The minimum atomic E-state index is -0.0934. The molecule has 0 heterocycles. The van der Waals surface area contributed by atoms with Crippen molar-refractivity contribution in [3.63, 3.8) is 0 Å². The highest BCUT2D eigenvalue weighted by molar-refractivity contribution is 7.99. The van der Waals surface area contributed by atoms with Crippen LogP contribution in [0.2, 0.25) is 0 Å². The van der Waals surface area contributed by atoms with E-state index in [1.54, 1.807) is 0 Å². The van der Waals surface area contributed by atoms with Gasteiger partial charge in [-0.3, -0.25) is 4.79 Å². The lowest BCUT2D eigenvalue weighted by molar-refractivity contribution is -0.140. The Kier molecular flexibility index (Phi) is 8.30. The third kappa shape index (κ3) is 8.16. The van der Waals surface area contributed by atoms with Crippen LogP contribution >= 0.6 is 11.8 Å². The molecule has 0 radical (unpaired) electrons. The SMILES string of the molecule is CCC(C)CSCCCC(=O)OC. The van der Waals surface area contributed by atoms with E-state index in [9.17, 15) is 4.79 Å². The Morgan fingerprint density at radius 1 is 1.54 bits per heavy atom. The molecule has 1 atom stereocenters. The lowest BCUT2D eigenvalue weighted by Gasteiger charge is -2.06. The van der Waals surface area contributed by atoms with Crippen molar-refractivity contribution >= 4 is 17.7 Å². The van der Waals surface area contributed by atoms with Gasteiger partial charge in [0.2, 0.25) is 0 Å². The fourth-order valence-corrected chi connectivity index (χ4v) is 1.98. The van der Waals surface area contributed by atoms with Gasteiger partial charge in [-0.05, 0) is 23.8 Å². The first kappa shape index (κ1) is 12.8. The van der Waals surface area contributed by atoms with E-state index >= 15 is 0 Å². The zero-order valence-electron chi connectivity index (χ0n) is 8.84. The highest BCUT2D eigenvalue weighted by Crippen LogP contribution is 2.12. The second kappa shape index (κ2) is 8.42. The van der Waals surface area contributed by atoms with Crippen LogP contribution in [-0.2, 0) is 9.53 Å². The number of esters is 1. The maximum absolute atomic E-state index is 10.7. The zero-order valence-corrected chi connectivity index (χ0v) is 9.65. The second-order valence-electron chi connectivity index (χ2n) is 3.27. The van der Waals surface area contributed by atoms with Crippen molar-refractivity contribution in [1.82, 2.24) is 0 Å². The molecule has 0 saturated heterocycles. The largest absolute Gasteiger partial charge is 0.469 e. The molecule has 0 spiro atoms. The smallest absolute Gasteiger partial charge is 0.305 e. The first-order valence-corrected chi connectivity index (χ1v) is 6.00. The summed E-state index contributed by atoms with van der Waals surface area (Å²) in [6, 6.07) is 0. The van der Waals surface area contributed by atoms with E-state index in [0.29, 0.717) is 6.42 Å². The Morgan fingerprint density at radius 3 is 2.77 bits per heavy atom. The van der Waals surface area contributed by atoms with Crippen LogP contribution in [0.25, 0.3) is 0 Å². The molecule has 0 aliphatic heterocycles.